The van der Waals surface area contributed by atoms with E-state index in [2.05, 4.69) is 0 Å². The molecule has 0 aromatic heterocycles. The first kappa shape index (κ1) is 12.0. The van der Waals surface area contributed by atoms with Gasteiger partial charge in [-0.15, -0.1) is 0 Å². The van der Waals surface area contributed by atoms with Crippen molar-refractivity contribution in [2.75, 3.05) is 0 Å². The largest absolute Gasteiger partial charge is 0.389 e. The molecule has 15 heavy (non-hydrogen) atoms. The Hall–Kier alpha value is -1.05. The van der Waals surface area contributed by atoms with Crippen LogP contribution in [-0.4, -0.2) is 18.1 Å². The molecule has 0 aliphatic heterocycles. The normalized spacial score (nSPS) is 13.9. The van der Waals surface area contributed by atoms with Gasteiger partial charge in [-0.3, -0.25) is 4.55 Å². The molecule has 84 valence electrons. The monoisotopic (exact) mass is 238 g/mol. The van der Waals surface area contributed by atoms with Gasteiger partial charge in [0.15, 0.2) is 11.6 Å². The Kier molecular flexibility index (Phi) is 3.08. The molecule has 0 saturated carbocycles. The molecular weight excluding hydrogens is 230 g/mol. The molecule has 0 spiro atoms. The number of hydrogen-bond donors (Lipinski definition) is 2. The van der Waals surface area contributed by atoms with E-state index < -0.39 is 38.3 Å². The van der Waals surface area contributed by atoms with Crippen LogP contribution in [0.4, 0.5) is 8.78 Å². The highest BCUT2D eigenvalue weighted by atomic mass is 32.2. The quantitative estimate of drug-likeness (QED) is 0.761. The summed E-state index contributed by atoms with van der Waals surface area (Å²) in [5.41, 5.74) is -0.780. The second kappa shape index (κ2) is 3.84. The molecule has 0 aliphatic rings. The minimum atomic E-state index is -4.68. The van der Waals surface area contributed by atoms with Crippen molar-refractivity contribution in [1.29, 1.82) is 0 Å². The molecule has 1 unspecified atom stereocenters. The van der Waals surface area contributed by atoms with Crippen LogP contribution in [0.3, 0.4) is 0 Å². The number of aliphatic hydroxyl groups is 1. The van der Waals surface area contributed by atoms with Crippen molar-refractivity contribution in [3.05, 3.63) is 29.3 Å². The van der Waals surface area contributed by atoms with E-state index in [0.717, 1.165) is 6.92 Å². The third kappa shape index (κ3) is 2.31. The van der Waals surface area contributed by atoms with Crippen LogP contribution in [0.15, 0.2) is 17.0 Å². The number of aliphatic hydroxyl groups excluding tert-OH is 1. The Morgan fingerprint density at radius 1 is 1.33 bits per heavy atom. The lowest BCUT2D eigenvalue weighted by atomic mass is 10.1. The SMILES string of the molecule is CC(O)c1c(S(=O)(=O)O)ccc(F)c1F. The van der Waals surface area contributed by atoms with Crippen LogP contribution in [0, 0.1) is 11.6 Å². The Bertz CT molecular complexity index is 482. The lowest BCUT2D eigenvalue weighted by molar-refractivity contribution is 0.188. The summed E-state index contributed by atoms with van der Waals surface area (Å²) in [5.74, 6) is -2.78. The van der Waals surface area contributed by atoms with Crippen molar-refractivity contribution in [3.63, 3.8) is 0 Å². The summed E-state index contributed by atoms with van der Waals surface area (Å²) < 4.78 is 56.1. The predicted octanol–water partition coefficient (Wildman–Crippen LogP) is 1.26. The molecule has 2 N–H and O–H groups in total. The average molecular weight is 238 g/mol. The van der Waals surface area contributed by atoms with E-state index in [1.807, 2.05) is 0 Å². The summed E-state index contributed by atoms with van der Waals surface area (Å²) in [6, 6.07) is 1.25. The molecule has 4 nitrogen and oxygen atoms in total. The Morgan fingerprint density at radius 2 is 1.87 bits per heavy atom. The second-order valence-corrected chi connectivity index (χ2v) is 4.31. The van der Waals surface area contributed by atoms with Crippen molar-refractivity contribution in [3.8, 4) is 0 Å². The van der Waals surface area contributed by atoms with E-state index in [-0.39, 0.29) is 0 Å². The van der Waals surface area contributed by atoms with Gasteiger partial charge in [-0.1, -0.05) is 0 Å². The predicted molar refractivity (Wildman–Crippen MR) is 46.8 cm³/mol. The zero-order valence-corrected chi connectivity index (χ0v) is 8.42. The van der Waals surface area contributed by atoms with Crippen LogP contribution in [-0.2, 0) is 10.1 Å². The Morgan fingerprint density at radius 3 is 2.27 bits per heavy atom. The first-order valence-electron chi connectivity index (χ1n) is 3.88. The van der Waals surface area contributed by atoms with Crippen LogP contribution >= 0.6 is 0 Å². The molecule has 0 saturated heterocycles. The maximum Gasteiger partial charge on any atom is 0.294 e. The van der Waals surface area contributed by atoms with E-state index in [4.69, 9.17) is 9.66 Å². The zero-order chi connectivity index (χ0) is 11.8. The third-order valence-corrected chi connectivity index (χ3v) is 2.70. The third-order valence-electron chi connectivity index (χ3n) is 1.79. The fourth-order valence-electron chi connectivity index (χ4n) is 1.16. The maximum atomic E-state index is 13.1. The van der Waals surface area contributed by atoms with Gasteiger partial charge in [-0.05, 0) is 19.1 Å². The Labute approximate surface area is 84.9 Å². The minimum absolute atomic E-state index is 0.560. The lowest BCUT2D eigenvalue weighted by Crippen LogP contribution is -2.09. The van der Waals surface area contributed by atoms with Crippen LogP contribution in [0.5, 0.6) is 0 Å². The average Bonchev–Trinajstić information content (AvgIpc) is 2.06. The molecule has 1 rings (SSSR count). The van der Waals surface area contributed by atoms with Gasteiger partial charge in [-0.2, -0.15) is 8.42 Å². The first-order valence-corrected chi connectivity index (χ1v) is 5.32. The van der Waals surface area contributed by atoms with Crippen LogP contribution < -0.4 is 0 Å². The fraction of sp³-hybridized carbons (Fsp3) is 0.250. The number of hydrogen-bond acceptors (Lipinski definition) is 3. The highest BCUT2D eigenvalue weighted by Crippen LogP contribution is 2.26. The summed E-state index contributed by atoms with van der Waals surface area (Å²) in [6.07, 6.45) is -1.54. The van der Waals surface area contributed by atoms with Crippen molar-refractivity contribution >= 4 is 10.1 Å². The molecule has 1 atom stereocenters. The van der Waals surface area contributed by atoms with Gasteiger partial charge in [0.25, 0.3) is 10.1 Å². The van der Waals surface area contributed by atoms with Crippen molar-refractivity contribution in [1.82, 2.24) is 0 Å². The molecule has 1 aromatic carbocycles. The van der Waals surface area contributed by atoms with Crippen LogP contribution in [0.1, 0.15) is 18.6 Å². The second-order valence-electron chi connectivity index (χ2n) is 2.92. The maximum absolute atomic E-state index is 13.1. The fourth-order valence-corrected chi connectivity index (χ4v) is 1.94. The van der Waals surface area contributed by atoms with Crippen molar-refractivity contribution in [2.45, 2.75) is 17.9 Å². The number of halogens is 2. The van der Waals surface area contributed by atoms with Gasteiger partial charge < -0.3 is 5.11 Å². The molecule has 0 amide bonds. The minimum Gasteiger partial charge on any atom is -0.389 e. The Balaban J connectivity index is 3.62. The zero-order valence-electron chi connectivity index (χ0n) is 7.61. The van der Waals surface area contributed by atoms with E-state index >= 15 is 0 Å². The van der Waals surface area contributed by atoms with Gasteiger partial charge >= 0.3 is 0 Å². The molecule has 1 aromatic rings. The van der Waals surface area contributed by atoms with E-state index in [1.54, 1.807) is 0 Å². The summed E-state index contributed by atoms with van der Waals surface area (Å²) >= 11 is 0. The number of benzene rings is 1. The summed E-state index contributed by atoms with van der Waals surface area (Å²) in [5, 5.41) is 9.09. The van der Waals surface area contributed by atoms with E-state index in [9.17, 15) is 17.2 Å². The molecule has 7 heteroatoms. The molecular formula is C8H8F2O4S. The van der Waals surface area contributed by atoms with Gasteiger partial charge in [-0.25, -0.2) is 8.78 Å². The van der Waals surface area contributed by atoms with E-state index in [1.165, 1.54) is 0 Å². The van der Waals surface area contributed by atoms with Gasteiger partial charge in [0, 0.05) is 5.56 Å². The molecule has 0 heterocycles. The lowest BCUT2D eigenvalue weighted by Gasteiger charge is -2.11. The van der Waals surface area contributed by atoms with Crippen LogP contribution in [0.25, 0.3) is 0 Å². The van der Waals surface area contributed by atoms with Crippen LogP contribution in [0.2, 0.25) is 0 Å². The first-order chi connectivity index (χ1) is 6.75. The molecule has 0 radical (unpaired) electrons. The van der Waals surface area contributed by atoms with Gasteiger partial charge in [0.05, 0.1) is 6.10 Å². The molecule has 0 bridgehead atoms. The molecule has 0 fully saturated rings. The summed E-state index contributed by atoms with van der Waals surface area (Å²) in [6.45, 7) is 1.06. The highest BCUT2D eigenvalue weighted by molar-refractivity contribution is 7.85. The highest BCUT2D eigenvalue weighted by Gasteiger charge is 2.24. The van der Waals surface area contributed by atoms with Gasteiger partial charge in [0.2, 0.25) is 0 Å². The molecule has 0 aliphatic carbocycles. The smallest absolute Gasteiger partial charge is 0.294 e. The standard InChI is InChI=1S/C8H8F2O4S/c1-4(11)7-6(15(12,13)14)3-2-5(9)8(7)10/h2-4,11H,1H3,(H,12,13,14). The van der Waals surface area contributed by atoms with E-state index in [0.29, 0.717) is 12.1 Å². The topological polar surface area (TPSA) is 74.6 Å². The summed E-state index contributed by atoms with van der Waals surface area (Å²) in [4.78, 5) is -0.837. The van der Waals surface area contributed by atoms with Crippen molar-refractivity contribution in [2.24, 2.45) is 0 Å². The summed E-state index contributed by atoms with van der Waals surface area (Å²) in [7, 11) is -4.68. The van der Waals surface area contributed by atoms with Crippen molar-refractivity contribution < 1.29 is 26.9 Å². The number of rotatable bonds is 2. The van der Waals surface area contributed by atoms with Gasteiger partial charge in [0.1, 0.15) is 4.90 Å².